The van der Waals surface area contributed by atoms with E-state index in [0.717, 1.165) is 0 Å². The zero-order valence-electron chi connectivity index (χ0n) is 5.82. The van der Waals surface area contributed by atoms with Crippen LogP contribution in [0, 0.1) is 0 Å². The van der Waals surface area contributed by atoms with Crippen LogP contribution >= 0.6 is 0 Å². The number of Topliss-reactive ketones (excluding diaryl/α,β-unsaturated/α-hetero) is 1. The molecule has 0 atom stereocenters. The number of hydrogen-bond acceptors (Lipinski definition) is 3. The molecule has 0 radical (unpaired) electrons. The summed E-state index contributed by atoms with van der Waals surface area (Å²) in [7, 11) is 0. The summed E-state index contributed by atoms with van der Waals surface area (Å²) in [6, 6.07) is 0. The van der Waals surface area contributed by atoms with Crippen LogP contribution in [0.4, 0.5) is 0 Å². The van der Waals surface area contributed by atoms with Crippen molar-refractivity contribution >= 4 is 18.2 Å². The first kappa shape index (κ1) is 6.22. The van der Waals surface area contributed by atoms with E-state index in [0.29, 0.717) is 17.7 Å². The second-order valence-electron chi connectivity index (χ2n) is 2.33. The zero-order chi connectivity index (χ0) is 7.68. The van der Waals surface area contributed by atoms with Crippen molar-refractivity contribution < 1.29 is 4.79 Å². The molecule has 0 saturated carbocycles. The number of carbonyl (C=O) groups is 1. The van der Waals surface area contributed by atoms with Crippen molar-refractivity contribution in [1.29, 1.82) is 0 Å². The maximum atomic E-state index is 11.2. The quantitative estimate of drug-likeness (QED) is 0.500. The number of hydrogen-bond donors (Lipinski definition) is 0. The maximum Gasteiger partial charge on any atom is 0.170 e. The molecule has 0 aromatic carbocycles. The van der Waals surface area contributed by atoms with Gasteiger partial charge in [0, 0.05) is 24.4 Å². The summed E-state index contributed by atoms with van der Waals surface area (Å²) < 4.78 is 0. The number of rotatable bonds is 0. The van der Waals surface area contributed by atoms with E-state index in [-0.39, 0.29) is 5.78 Å². The summed E-state index contributed by atoms with van der Waals surface area (Å²) >= 11 is 0. The van der Waals surface area contributed by atoms with E-state index < -0.39 is 0 Å². The van der Waals surface area contributed by atoms with Gasteiger partial charge in [0.15, 0.2) is 5.78 Å². The van der Waals surface area contributed by atoms with Crippen LogP contribution in [0.15, 0.2) is 33.5 Å². The minimum atomic E-state index is 0.0926. The van der Waals surface area contributed by atoms with E-state index in [1.54, 1.807) is 24.7 Å². The lowest BCUT2D eigenvalue weighted by molar-refractivity contribution is -0.114. The molecule has 2 heterocycles. The largest absolute Gasteiger partial charge is 0.294 e. The molecule has 0 aliphatic carbocycles. The lowest BCUT2D eigenvalue weighted by Gasteiger charge is -1.94. The predicted molar refractivity (Wildman–Crippen MR) is 42.8 cm³/mol. The van der Waals surface area contributed by atoms with Gasteiger partial charge in [-0.25, -0.2) is 0 Å². The van der Waals surface area contributed by atoms with Gasteiger partial charge >= 0.3 is 0 Å². The third kappa shape index (κ3) is 0.941. The number of ketones is 1. The molecular weight excluding hydrogens is 140 g/mol. The Balaban J connectivity index is 2.47. The van der Waals surface area contributed by atoms with Crippen molar-refractivity contribution in [3.05, 3.63) is 23.5 Å². The van der Waals surface area contributed by atoms with E-state index in [1.807, 2.05) is 0 Å². The minimum absolute atomic E-state index is 0.0926. The molecule has 0 N–H and O–H groups in total. The van der Waals surface area contributed by atoms with Crippen LogP contribution in [0.5, 0.6) is 0 Å². The highest BCUT2D eigenvalue weighted by Gasteiger charge is 2.16. The van der Waals surface area contributed by atoms with Crippen LogP contribution in [-0.2, 0) is 4.79 Å². The van der Waals surface area contributed by atoms with Crippen LogP contribution in [0.25, 0.3) is 0 Å². The van der Waals surface area contributed by atoms with Crippen LogP contribution < -0.4 is 0 Å². The predicted octanol–water partition coefficient (Wildman–Crippen LogP) is 0.882. The monoisotopic (exact) mass is 146 g/mol. The molecule has 0 aromatic heterocycles. The molecule has 54 valence electrons. The Bertz CT molecular complexity index is 321. The Kier molecular flexibility index (Phi) is 1.28. The molecule has 3 nitrogen and oxygen atoms in total. The van der Waals surface area contributed by atoms with Crippen molar-refractivity contribution in [2.45, 2.75) is 6.42 Å². The molecule has 0 fully saturated rings. The molecule has 0 spiro atoms. The Morgan fingerprint density at radius 2 is 2.36 bits per heavy atom. The first-order chi connectivity index (χ1) is 5.38. The molecule has 2 rings (SSSR count). The fraction of sp³-hybridized carbons (Fsp3) is 0.125. The number of allylic oxidation sites excluding steroid dienone is 2. The van der Waals surface area contributed by atoms with Gasteiger partial charge in [-0.15, -0.1) is 0 Å². The van der Waals surface area contributed by atoms with Gasteiger partial charge in [0.25, 0.3) is 0 Å². The summed E-state index contributed by atoms with van der Waals surface area (Å²) in [5.74, 6) is 0.0926. The minimum Gasteiger partial charge on any atom is -0.294 e. The average molecular weight is 146 g/mol. The van der Waals surface area contributed by atoms with Crippen LogP contribution in [0.1, 0.15) is 6.42 Å². The Morgan fingerprint density at radius 1 is 1.45 bits per heavy atom. The molecule has 11 heavy (non-hydrogen) atoms. The van der Waals surface area contributed by atoms with Crippen molar-refractivity contribution in [1.82, 2.24) is 0 Å². The van der Waals surface area contributed by atoms with Crippen LogP contribution in [0.3, 0.4) is 0 Å². The first-order valence-corrected chi connectivity index (χ1v) is 3.37. The van der Waals surface area contributed by atoms with Gasteiger partial charge in [-0.1, -0.05) is 0 Å². The Morgan fingerprint density at radius 3 is 3.27 bits per heavy atom. The lowest BCUT2D eigenvalue weighted by atomic mass is 10.1. The first-order valence-electron chi connectivity index (χ1n) is 3.37. The van der Waals surface area contributed by atoms with E-state index in [1.165, 1.54) is 0 Å². The summed E-state index contributed by atoms with van der Waals surface area (Å²) in [5, 5.41) is 0. The zero-order valence-corrected chi connectivity index (χ0v) is 5.82. The molecule has 3 heteroatoms. The number of carbonyl (C=O) groups excluding carboxylic acids is 1. The summed E-state index contributed by atoms with van der Waals surface area (Å²) in [5.41, 5.74) is 1.37. The average Bonchev–Trinajstić information content (AvgIpc) is 2.40. The molecule has 0 amide bonds. The topological polar surface area (TPSA) is 41.8 Å². The van der Waals surface area contributed by atoms with Gasteiger partial charge in [0.2, 0.25) is 0 Å². The number of nitrogens with zero attached hydrogens (tertiary/aromatic N) is 2. The lowest BCUT2D eigenvalue weighted by Crippen LogP contribution is -2.00. The smallest absolute Gasteiger partial charge is 0.170 e. The number of fused-ring (bicyclic) bond motifs is 1. The summed E-state index contributed by atoms with van der Waals surface area (Å²) in [4.78, 5) is 19.1. The Labute approximate surface area is 63.9 Å². The maximum absolute atomic E-state index is 11.2. The SMILES string of the molecule is O=C1CC=NC=C2N=CC=C12. The van der Waals surface area contributed by atoms with Gasteiger partial charge in [-0.05, 0) is 6.08 Å². The molecule has 0 saturated heterocycles. The van der Waals surface area contributed by atoms with Crippen molar-refractivity contribution in [2.75, 3.05) is 0 Å². The van der Waals surface area contributed by atoms with Crippen LogP contribution in [0.2, 0.25) is 0 Å². The van der Waals surface area contributed by atoms with E-state index in [9.17, 15) is 4.79 Å². The fourth-order valence-electron chi connectivity index (χ4n) is 1.05. The van der Waals surface area contributed by atoms with Gasteiger partial charge in [0.1, 0.15) is 0 Å². The van der Waals surface area contributed by atoms with Gasteiger partial charge < -0.3 is 0 Å². The molecule has 2 aliphatic rings. The van der Waals surface area contributed by atoms with Crippen LogP contribution in [-0.4, -0.2) is 18.2 Å². The normalized spacial score (nSPS) is 20.9. The molecule has 0 unspecified atom stereocenters. The highest BCUT2D eigenvalue weighted by Crippen LogP contribution is 2.19. The molecule has 0 bridgehead atoms. The second kappa shape index (κ2) is 2.27. The fourth-order valence-corrected chi connectivity index (χ4v) is 1.05. The summed E-state index contributed by atoms with van der Waals surface area (Å²) in [6.45, 7) is 0. The third-order valence-electron chi connectivity index (χ3n) is 1.61. The van der Waals surface area contributed by atoms with Crippen molar-refractivity contribution in [2.24, 2.45) is 9.98 Å². The number of aliphatic imine (C=N–C) groups is 2. The van der Waals surface area contributed by atoms with Crippen molar-refractivity contribution in [3.8, 4) is 0 Å². The highest BCUT2D eigenvalue weighted by atomic mass is 16.1. The Hall–Kier alpha value is -1.51. The van der Waals surface area contributed by atoms with E-state index in [4.69, 9.17) is 0 Å². The van der Waals surface area contributed by atoms with Gasteiger partial charge in [-0.3, -0.25) is 14.8 Å². The molecular formula is C8H6N2O. The van der Waals surface area contributed by atoms with E-state index in [2.05, 4.69) is 9.98 Å². The highest BCUT2D eigenvalue weighted by molar-refractivity contribution is 6.10. The van der Waals surface area contributed by atoms with E-state index >= 15 is 0 Å². The molecule has 2 aliphatic heterocycles. The van der Waals surface area contributed by atoms with Gasteiger partial charge in [0.05, 0.1) is 11.9 Å². The third-order valence-corrected chi connectivity index (χ3v) is 1.61. The van der Waals surface area contributed by atoms with Gasteiger partial charge in [-0.2, -0.15) is 0 Å². The standard InChI is InChI=1S/C8H6N2O/c11-8-2-3-9-5-7-6(8)1-4-10-7/h1,3-5H,2H2. The second-order valence-corrected chi connectivity index (χ2v) is 2.33. The van der Waals surface area contributed by atoms with Crippen molar-refractivity contribution in [3.63, 3.8) is 0 Å². The summed E-state index contributed by atoms with van der Waals surface area (Å²) in [6.07, 6.45) is 6.95. The molecule has 0 aromatic rings.